The molecule has 0 aromatic carbocycles. The van der Waals surface area contributed by atoms with E-state index in [9.17, 15) is 0 Å². The van der Waals surface area contributed by atoms with Crippen molar-refractivity contribution in [1.82, 2.24) is 15.0 Å². The molecule has 0 saturated carbocycles. The Labute approximate surface area is 131 Å². The summed E-state index contributed by atoms with van der Waals surface area (Å²) in [6, 6.07) is 0. The van der Waals surface area contributed by atoms with E-state index in [2.05, 4.69) is 56.7 Å². The summed E-state index contributed by atoms with van der Waals surface area (Å²) in [4.78, 5) is 13.6. The number of rotatable bonds is 6. The zero-order valence-electron chi connectivity index (χ0n) is 11.1. The summed E-state index contributed by atoms with van der Waals surface area (Å²) in [5, 5.41) is 5.37. The van der Waals surface area contributed by atoms with Crippen LogP contribution < -0.4 is 5.32 Å². The first kappa shape index (κ1) is 14.6. The minimum absolute atomic E-state index is 0.726. The van der Waals surface area contributed by atoms with Gasteiger partial charge in [0.2, 0.25) is 0 Å². The summed E-state index contributed by atoms with van der Waals surface area (Å²) in [5.41, 5.74) is 3.79. The maximum Gasteiger partial charge on any atom is 0.181 e. The smallest absolute Gasteiger partial charge is 0.181 e. The summed E-state index contributed by atoms with van der Waals surface area (Å²) in [6.45, 7) is 5.24. The summed E-state index contributed by atoms with van der Waals surface area (Å²) in [6.07, 6.45) is 3.13. The topological polar surface area (TPSA) is 50.7 Å². The molecule has 0 bridgehead atoms. The molecular weight excluding hydrogens is 371 g/mol. The predicted octanol–water partition coefficient (Wildman–Crippen LogP) is 3.98. The second-order valence-corrected chi connectivity index (χ2v) is 6.00. The molecule has 0 aliphatic carbocycles. The van der Waals surface area contributed by atoms with Crippen molar-refractivity contribution in [2.75, 3.05) is 11.9 Å². The highest BCUT2D eigenvalue weighted by Crippen LogP contribution is 2.24. The van der Waals surface area contributed by atoms with E-state index in [1.54, 1.807) is 11.3 Å². The van der Waals surface area contributed by atoms with Crippen molar-refractivity contribution in [2.45, 2.75) is 33.1 Å². The molecule has 1 N–H and O–H groups in total. The van der Waals surface area contributed by atoms with Crippen molar-refractivity contribution in [3.63, 3.8) is 0 Å². The van der Waals surface area contributed by atoms with Crippen LogP contribution in [0, 0.1) is 3.57 Å². The Morgan fingerprint density at radius 2 is 2.11 bits per heavy atom. The molecule has 0 saturated heterocycles. The third-order valence-corrected chi connectivity index (χ3v) is 4.33. The van der Waals surface area contributed by atoms with E-state index in [1.165, 1.54) is 0 Å². The lowest BCUT2D eigenvalue weighted by Crippen LogP contribution is -2.09. The average molecular weight is 388 g/mol. The van der Waals surface area contributed by atoms with Gasteiger partial charge in [0.1, 0.15) is 11.5 Å². The molecule has 6 heteroatoms. The Morgan fingerprint density at radius 1 is 1.26 bits per heavy atom. The van der Waals surface area contributed by atoms with Gasteiger partial charge >= 0.3 is 0 Å². The van der Waals surface area contributed by atoms with Gasteiger partial charge in [-0.15, -0.1) is 11.3 Å². The lowest BCUT2D eigenvalue weighted by atomic mass is 10.2. The first-order chi connectivity index (χ1) is 9.26. The highest BCUT2D eigenvalue weighted by atomic mass is 127. The van der Waals surface area contributed by atoms with Crippen LogP contribution in [0.4, 0.5) is 5.82 Å². The van der Waals surface area contributed by atoms with E-state index in [0.29, 0.717) is 0 Å². The number of hydrogen-bond acceptors (Lipinski definition) is 5. The first-order valence-electron chi connectivity index (χ1n) is 6.45. The van der Waals surface area contributed by atoms with Crippen LogP contribution in [0.3, 0.4) is 0 Å². The van der Waals surface area contributed by atoms with Gasteiger partial charge in [-0.3, -0.25) is 0 Å². The monoisotopic (exact) mass is 388 g/mol. The molecular formula is C13H17IN4S. The summed E-state index contributed by atoms with van der Waals surface area (Å²) >= 11 is 3.90. The fourth-order valence-corrected chi connectivity index (χ4v) is 2.93. The Hall–Kier alpha value is -0.760. The van der Waals surface area contributed by atoms with Crippen LogP contribution in [0.1, 0.15) is 32.4 Å². The average Bonchev–Trinajstić information content (AvgIpc) is 2.94. The second-order valence-electron chi connectivity index (χ2n) is 4.21. The van der Waals surface area contributed by atoms with Gasteiger partial charge in [0.15, 0.2) is 5.82 Å². The lowest BCUT2D eigenvalue weighted by molar-refractivity contribution is 0.863. The van der Waals surface area contributed by atoms with Crippen molar-refractivity contribution in [2.24, 2.45) is 0 Å². The van der Waals surface area contributed by atoms with Gasteiger partial charge in [-0.05, 0) is 35.4 Å². The van der Waals surface area contributed by atoms with Crippen LogP contribution in [-0.4, -0.2) is 21.5 Å². The Bertz CT molecular complexity index is 528. The fraction of sp³-hybridized carbons (Fsp3) is 0.462. The fourth-order valence-electron chi connectivity index (χ4n) is 1.69. The maximum absolute atomic E-state index is 4.66. The van der Waals surface area contributed by atoms with E-state index in [4.69, 9.17) is 0 Å². The number of hydrogen-bond donors (Lipinski definition) is 1. The van der Waals surface area contributed by atoms with Crippen molar-refractivity contribution >= 4 is 39.7 Å². The molecule has 0 unspecified atom stereocenters. The minimum Gasteiger partial charge on any atom is -0.369 e. The van der Waals surface area contributed by atoms with E-state index >= 15 is 0 Å². The molecule has 2 aromatic rings. The van der Waals surface area contributed by atoms with Crippen LogP contribution in [-0.2, 0) is 6.42 Å². The molecule has 19 heavy (non-hydrogen) atoms. The number of nitrogens with zero attached hydrogens (tertiary/aromatic N) is 3. The number of aromatic nitrogens is 3. The van der Waals surface area contributed by atoms with E-state index < -0.39 is 0 Å². The predicted molar refractivity (Wildman–Crippen MR) is 88.6 cm³/mol. The number of anilines is 1. The van der Waals surface area contributed by atoms with Crippen molar-refractivity contribution in [1.29, 1.82) is 0 Å². The molecule has 0 aliphatic heterocycles. The van der Waals surface area contributed by atoms with Crippen LogP contribution in [0.15, 0.2) is 10.9 Å². The third-order valence-electron chi connectivity index (χ3n) is 2.61. The van der Waals surface area contributed by atoms with E-state index in [1.807, 2.05) is 10.9 Å². The molecule has 0 aliphatic rings. The second kappa shape index (κ2) is 7.14. The van der Waals surface area contributed by atoms with Crippen molar-refractivity contribution in [3.05, 3.63) is 20.2 Å². The largest absolute Gasteiger partial charge is 0.369 e. The highest BCUT2D eigenvalue weighted by molar-refractivity contribution is 14.1. The summed E-state index contributed by atoms with van der Waals surface area (Å²) < 4.78 is 1.13. The maximum atomic E-state index is 4.66. The number of aryl methyl sites for hydroxylation is 1. The van der Waals surface area contributed by atoms with Gasteiger partial charge < -0.3 is 5.32 Å². The zero-order valence-corrected chi connectivity index (χ0v) is 14.1. The Morgan fingerprint density at radius 3 is 2.74 bits per heavy atom. The summed E-state index contributed by atoms with van der Waals surface area (Å²) in [7, 11) is 0. The van der Waals surface area contributed by atoms with Crippen LogP contribution in [0.2, 0.25) is 0 Å². The van der Waals surface area contributed by atoms with Gasteiger partial charge in [0, 0.05) is 11.9 Å². The molecule has 2 rings (SSSR count). The highest BCUT2D eigenvalue weighted by Gasteiger charge is 2.13. The summed E-state index contributed by atoms with van der Waals surface area (Å²) in [5.74, 6) is 1.66. The molecule has 2 heterocycles. The number of halogens is 1. The Balaban J connectivity index is 2.41. The van der Waals surface area contributed by atoms with Gasteiger partial charge in [-0.2, -0.15) is 0 Å². The van der Waals surface area contributed by atoms with Crippen molar-refractivity contribution < 1.29 is 0 Å². The van der Waals surface area contributed by atoms with Crippen molar-refractivity contribution in [3.8, 4) is 11.5 Å². The zero-order chi connectivity index (χ0) is 13.7. The standard InChI is InChI=1S/C13H17IN4S/c1-3-5-9-11(14)13(15-6-4-2)18-12(17-9)10-7-19-8-16-10/h7-8H,3-6H2,1-2H3,(H,15,17,18). The molecule has 0 radical (unpaired) electrons. The van der Waals surface area contributed by atoms with Gasteiger partial charge in [0.05, 0.1) is 14.8 Å². The van der Waals surface area contributed by atoms with Crippen LogP contribution in [0.5, 0.6) is 0 Å². The lowest BCUT2D eigenvalue weighted by Gasteiger charge is -2.11. The van der Waals surface area contributed by atoms with E-state index in [0.717, 1.165) is 52.4 Å². The molecule has 0 fully saturated rings. The Kier molecular flexibility index (Phi) is 5.50. The molecule has 0 spiro atoms. The number of nitrogens with one attached hydrogen (secondary N) is 1. The molecule has 2 aromatic heterocycles. The molecule has 0 atom stereocenters. The number of thiazole rings is 1. The normalized spacial score (nSPS) is 10.7. The molecule has 102 valence electrons. The minimum atomic E-state index is 0.726. The SMILES string of the molecule is CCCNc1nc(-c2cscn2)nc(CCC)c1I. The molecule has 0 amide bonds. The molecule has 4 nitrogen and oxygen atoms in total. The first-order valence-corrected chi connectivity index (χ1v) is 8.47. The van der Waals surface area contributed by atoms with Gasteiger partial charge in [-0.1, -0.05) is 20.3 Å². The van der Waals surface area contributed by atoms with Gasteiger partial charge in [0.25, 0.3) is 0 Å². The van der Waals surface area contributed by atoms with Crippen LogP contribution in [0.25, 0.3) is 11.5 Å². The quantitative estimate of drug-likeness (QED) is 0.761. The third kappa shape index (κ3) is 3.62. The van der Waals surface area contributed by atoms with Crippen LogP contribution >= 0.6 is 33.9 Å². The van der Waals surface area contributed by atoms with Gasteiger partial charge in [-0.25, -0.2) is 15.0 Å². The van der Waals surface area contributed by atoms with E-state index in [-0.39, 0.29) is 0 Å².